The van der Waals surface area contributed by atoms with Crippen LogP contribution in [0, 0.1) is 5.92 Å². The van der Waals surface area contributed by atoms with E-state index in [4.69, 9.17) is 4.99 Å². The van der Waals surface area contributed by atoms with Crippen LogP contribution < -0.4 is 10.2 Å². The molecule has 1 saturated heterocycles. The number of guanidine groups is 1. The van der Waals surface area contributed by atoms with E-state index in [1.54, 1.807) is 0 Å². The summed E-state index contributed by atoms with van der Waals surface area (Å²) in [7, 11) is 0. The second-order valence-electron chi connectivity index (χ2n) is 8.47. The average molecular weight is 510 g/mol. The molecule has 3 unspecified atom stereocenters. The third-order valence-electron chi connectivity index (χ3n) is 6.45. The van der Waals surface area contributed by atoms with Crippen molar-refractivity contribution in [2.24, 2.45) is 10.9 Å². The SMILES string of the molecule is CCCC1CC1NC(=NCC)N1CC(CCN2CCCC2=O)c2ccccc21.I. The lowest BCUT2D eigenvalue weighted by atomic mass is 9.98. The molecule has 1 aromatic carbocycles. The monoisotopic (exact) mass is 510 g/mol. The zero-order valence-corrected chi connectivity index (χ0v) is 20.1. The minimum Gasteiger partial charge on any atom is -0.353 e. The number of para-hydroxylation sites is 1. The van der Waals surface area contributed by atoms with Crippen molar-refractivity contribution in [3.63, 3.8) is 0 Å². The van der Waals surface area contributed by atoms with Crippen LogP contribution in [0.1, 0.15) is 63.9 Å². The Morgan fingerprint density at radius 3 is 2.79 bits per heavy atom. The van der Waals surface area contributed by atoms with Gasteiger partial charge in [-0.3, -0.25) is 9.79 Å². The zero-order chi connectivity index (χ0) is 19.5. The van der Waals surface area contributed by atoms with Gasteiger partial charge < -0.3 is 15.1 Å². The first kappa shape index (κ1) is 22.4. The lowest BCUT2D eigenvalue weighted by Crippen LogP contribution is -2.43. The van der Waals surface area contributed by atoms with Crippen molar-refractivity contribution in [1.29, 1.82) is 0 Å². The molecule has 1 N–H and O–H groups in total. The molecule has 0 radical (unpaired) electrons. The van der Waals surface area contributed by atoms with Crippen molar-refractivity contribution >= 4 is 41.5 Å². The van der Waals surface area contributed by atoms with Crippen molar-refractivity contribution in [3.05, 3.63) is 29.8 Å². The van der Waals surface area contributed by atoms with E-state index in [1.165, 1.54) is 30.5 Å². The molecule has 1 saturated carbocycles. The molecule has 1 aliphatic carbocycles. The average Bonchev–Trinajstić information content (AvgIpc) is 3.12. The van der Waals surface area contributed by atoms with Gasteiger partial charge in [-0.2, -0.15) is 0 Å². The maximum atomic E-state index is 12.0. The van der Waals surface area contributed by atoms with Crippen LogP contribution in [-0.4, -0.2) is 49.0 Å². The summed E-state index contributed by atoms with van der Waals surface area (Å²) in [5.41, 5.74) is 2.69. The van der Waals surface area contributed by atoms with Gasteiger partial charge in [0.15, 0.2) is 5.96 Å². The second-order valence-corrected chi connectivity index (χ2v) is 8.47. The van der Waals surface area contributed by atoms with Gasteiger partial charge in [-0.25, -0.2) is 0 Å². The van der Waals surface area contributed by atoms with Crippen molar-refractivity contribution in [2.45, 2.75) is 64.3 Å². The van der Waals surface area contributed by atoms with Gasteiger partial charge in [-0.15, -0.1) is 24.0 Å². The van der Waals surface area contributed by atoms with Crippen LogP contribution >= 0.6 is 24.0 Å². The lowest BCUT2D eigenvalue weighted by Gasteiger charge is -2.24. The molecule has 3 atom stereocenters. The van der Waals surface area contributed by atoms with E-state index >= 15 is 0 Å². The standard InChI is InChI=1S/C23H34N4O.HI/c1-3-8-17-15-20(17)25-23(24-4-2)27-16-18(19-9-5-6-10-21(19)27)12-14-26-13-7-11-22(26)28;/h5-6,9-10,17-18,20H,3-4,7-8,11-16H2,1-2H3,(H,24,25);1H. The number of anilines is 1. The van der Waals surface area contributed by atoms with Crippen LogP contribution in [0.15, 0.2) is 29.3 Å². The van der Waals surface area contributed by atoms with Crippen LogP contribution in [0.25, 0.3) is 0 Å². The Morgan fingerprint density at radius 2 is 2.07 bits per heavy atom. The van der Waals surface area contributed by atoms with Gasteiger partial charge in [-0.05, 0) is 50.2 Å². The van der Waals surface area contributed by atoms with Gasteiger partial charge in [0.05, 0.1) is 0 Å². The Hall–Kier alpha value is -1.31. The number of nitrogens with zero attached hydrogens (tertiary/aromatic N) is 3. The predicted molar refractivity (Wildman–Crippen MR) is 130 cm³/mol. The lowest BCUT2D eigenvalue weighted by molar-refractivity contribution is -0.127. The number of hydrogen-bond donors (Lipinski definition) is 1. The van der Waals surface area contributed by atoms with Crippen LogP contribution in [0.5, 0.6) is 0 Å². The first-order valence-corrected chi connectivity index (χ1v) is 11.2. The van der Waals surface area contributed by atoms with Crippen molar-refractivity contribution < 1.29 is 4.79 Å². The summed E-state index contributed by atoms with van der Waals surface area (Å²) < 4.78 is 0. The maximum Gasteiger partial charge on any atom is 0.222 e. The fourth-order valence-electron chi connectivity index (χ4n) is 4.83. The maximum absolute atomic E-state index is 12.0. The third-order valence-corrected chi connectivity index (χ3v) is 6.45. The predicted octanol–water partition coefficient (Wildman–Crippen LogP) is 4.37. The Morgan fingerprint density at radius 1 is 1.24 bits per heavy atom. The van der Waals surface area contributed by atoms with Gasteiger partial charge in [0.25, 0.3) is 0 Å². The number of hydrogen-bond acceptors (Lipinski definition) is 2. The van der Waals surface area contributed by atoms with Crippen LogP contribution in [0.3, 0.4) is 0 Å². The molecule has 0 bridgehead atoms. The molecule has 0 aromatic heterocycles. The highest BCUT2D eigenvalue weighted by atomic mass is 127. The Bertz CT molecular complexity index is 737. The molecule has 2 fully saturated rings. The molecule has 6 heteroatoms. The second kappa shape index (κ2) is 10.1. The summed E-state index contributed by atoms with van der Waals surface area (Å²) in [5.74, 6) is 2.63. The molecule has 160 valence electrons. The highest BCUT2D eigenvalue weighted by molar-refractivity contribution is 14.0. The molecule has 1 aromatic rings. The topological polar surface area (TPSA) is 47.9 Å². The molecule has 0 spiro atoms. The molecule has 2 aliphatic heterocycles. The van der Waals surface area contributed by atoms with Crippen LogP contribution in [0.4, 0.5) is 5.69 Å². The summed E-state index contributed by atoms with van der Waals surface area (Å²) in [5, 5.41) is 3.75. The number of halogens is 1. The van der Waals surface area contributed by atoms with Crippen LogP contribution in [-0.2, 0) is 4.79 Å². The van der Waals surface area contributed by atoms with E-state index in [2.05, 4.69) is 48.3 Å². The largest absolute Gasteiger partial charge is 0.353 e. The quantitative estimate of drug-likeness (QED) is 0.337. The Balaban J connectivity index is 0.00000240. The molecule has 2 heterocycles. The van der Waals surface area contributed by atoms with Gasteiger partial charge in [0, 0.05) is 50.2 Å². The molecule has 3 aliphatic rings. The van der Waals surface area contributed by atoms with E-state index in [-0.39, 0.29) is 24.0 Å². The first-order valence-electron chi connectivity index (χ1n) is 11.2. The van der Waals surface area contributed by atoms with Crippen LogP contribution in [0.2, 0.25) is 0 Å². The summed E-state index contributed by atoms with van der Waals surface area (Å²) in [6, 6.07) is 9.32. The number of benzene rings is 1. The summed E-state index contributed by atoms with van der Waals surface area (Å²) in [6.07, 6.45) is 6.61. The number of nitrogens with one attached hydrogen (secondary N) is 1. The molecule has 5 nitrogen and oxygen atoms in total. The number of likely N-dealkylation sites (tertiary alicyclic amines) is 1. The smallest absolute Gasteiger partial charge is 0.222 e. The Kier molecular flexibility index (Phi) is 7.82. The van der Waals surface area contributed by atoms with E-state index in [1.807, 2.05) is 4.90 Å². The molecular weight excluding hydrogens is 475 g/mol. The van der Waals surface area contributed by atoms with Crippen molar-refractivity contribution in [3.8, 4) is 0 Å². The van der Waals surface area contributed by atoms with Gasteiger partial charge in [-0.1, -0.05) is 31.5 Å². The zero-order valence-electron chi connectivity index (χ0n) is 17.8. The number of amides is 1. The normalized spacial score (nSPS) is 25.8. The number of carbonyl (C=O) groups excluding carboxylic acids is 1. The van der Waals surface area contributed by atoms with Gasteiger partial charge in [0.2, 0.25) is 5.91 Å². The minimum absolute atomic E-state index is 0. The molecule has 4 rings (SSSR count). The number of rotatable bonds is 7. The van der Waals surface area contributed by atoms with Crippen molar-refractivity contribution in [1.82, 2.24) is 10.2 Å². The summed E-state index contributed by atoms with van der Waals surface area (Å²) >= 11 is 0. The number of aliphatic imine (C=N–C) groups is 1. The van der Waals surface area contributed by atoms with E-state index in [9.17, 15) is 4.79 Å². The van der Waals surface area contributed by atoms with Gasteiger partial charge in [0.1, 0.15) is 0 Å². The highest BCUT2D eigenvalue weighted by Gasteiger charge is 2.39. The van der Waals surface area contributed by atoms with E-state index in [0.717, 1.165) is 57.3 Å². The minimum atomic E-state index is 0. The summed E-state index contributed by atoms with van der Waals surface area (Å²) in [6.45, 7) is 7.93. The fraction of sp³-hybridized carbons (Fsp3) is 0.652. The highest BCUT2D eigenvalue weighted by Crippen LogP contribution is 2.40. The fourth-order valence-corrected chi connectivity index (χ4v) is 4.83. The molecule has 1 amide bonds. The van der Waals surface area contributed by atoms with Crippen molar-refractivity contribution in [2.75, 3.05) is 31.1 Å². The molecule has 29 heavy (non-hydrogen) atoms. The summed E-state index contributed by atoms with van der Waals surface area (Å²) in [4.78, 5) is 21.2. The number of fused-ring (bicyclic) bond motifs is 1. The van der Waals surface area contributed by atoms with E-state index in [0.29, 0.717) is 17.9 Å². The van der Waals surface area contributed by atoms with Gasteiger partial charge >= 0.3 is 0 Å². The first-order chi connectivity index (χ1) is 13.7. The number of carbonyl (C=O) groups is 1. The third kappa shape index (κ3) is 5.06. The Labute approximate surface area is 192 Å². The molecular formula is C23H35IN4O. The van der Waals surface area contributed by atoms with E-state index < -0.39 is 0 Å².